The molecule has 2 N–H and O–H groups in total. The Bertz CT molecular complexity index is 285. The maximum atomic E-state index is 12.2. The minimum atomic E-state index is 0. The average molecular weight is 317 g/mol. The van der Waals surface area contributed by atoms with Crippen LogP contribution in [-0.2, 0) is 4.79 Å². The molecule has 1 heterocycles. The third-order valence-electron chi connectivity index (χ3n) is 5.15. The van der Waals surface area contributed by atoms with Crippen molar-refractivity contribution in [1.29, 1.82) is 0 Å². The molecule has 1 saturated carbocycles. The van der Waals surface area contributed by atoms with Gasteiger partial charge in [0.1, 0.15) is 0 Å². The zero-order valence-electron chi connectivity index (χ0n) is 13.5. The summed E-state index contributed by atoms with van der Waals surface area (Å²) in [4.78, 5) is 12.2. The maximum absolute atomic E-state index is 12.2. The molecule has 1 aliphatic heterocycles. The van der Waals surface area contributed by atoms with Crippen LogP contribution in [0.15, 0.2) is 0 Å². The first-order valence-corrected chi connectivity index (χ1v) is 8.78. The van der Waals surface area contributed by atoms with Gasteiger partial charge in [0.15, 0.2) is 0 Å². The second kappa shape index (κ2) is 10.4. The van der Waals surface area contributed by atoms with Gasteiger partial charge < -0.3 is 10.6 Å². The largest absolute Gasteiger partial charge is 0.356 e. The highest BCUT2D eigenvalue weighted by atomic mass is 35.5. The van der Waals surface area contributed by atoms with Gasteiger partial charge in [0.25, 0.3) is 0 Å². The Morgan fingerprint density at radius 3 is 2.52 bits per heavy atom. The van der Waals surface area contributed by atoms with Crippen molar-refractivity contribution in [3.05, 3.63) is 0 Å². The van der Waals surface area contributed by atoms with E-state index in [2.05, 4.69) is 17.6 Å². The molecular formula is C17H33ClN2O. The number of hydrogen-bond donors (Lipinski definition) is 2. The van der Waals surface area contributed by atoms with E-state index in [4.69, 9.17) is 0 Å². The number of piperidine rings is 1. The molecule has 1 unspecified atom stereocenters. The Morgan fingerprint density at radius 2 is 1.90 bits per heavy atom. The summed E-state index contributed by atoms with van der Waals surface area (Å²) in [5, 5.41) is 6.61. The number of rotatable bonds is 6. The van der Waals surface area contributed by atoms with Gasteiger partial charge in [0.05, 0.1) is 0 Å². The SMILES string of the molecule is CCCCC1CCC(C(=O)NCC2CCCNC2)CC1.Cl. The average Bonchev–Trinajstić information content (AvgIpc) is 2.52. The van der Waals surface area contributed by atoms with E-state index in [1.807, 2.05) is 0 Å². The molecular weight excluding hydrogens is 284 g/mol. The van der Waals surface area contributed by atoms with Gasteiger partial charge in [-0.1, -0.05) is 26.2 Å². The molecule has 0 aromatic heterocycles. The van der Waals surface area contributed by atoms with Crippen LogP contribution in [0.1, 0.15) is 64.7 Å². The normalized spacial score (nSPS) is 29.5. The van der Waals surface area contributed by atoms with Crippen LogP contribution < -0.4 is 10.6 Å². The Hall–Kier alpha value is -0.280. The standard InChI is InChI=1S/C17H32N2O.ClH/c1-2-3-5-14-7-9-16(10-8-14)17(20)19-13-15-6-4-11-18-12-15;/h14-16,18H,2-13H2,1H3,(H,19,20);1H. The fraction of sp³-hybridized carbons (Fsp3) is 0.941. The van der Waals surface area contributed by atoms with Gasteiger partial charge in [-0.3, -0.25) is 4.79 Å². The fourth-order valence-corrected chi connectivity index (χ4v) is 3.69. The summed E-state index contributed by atoms with van der Waals surface area (Å²) >= 11 is 0. The molecule has 4 heteroatoms. The molecule has 0 spiro atoms. The number of halogens is 1. The quantitative estimate of drug-likeness (QED) is 0.787. The van der Waals surface area contributed by atoms with Gasteiger partial charge >= 0.3 is 0 Å². The summed E-state index contributed by atoms with van der Waals surface area (Å²) in [5.74, 6) is 2.16. The molecule has 0 aromatic carbocycles. The molecule has 0 aromatic rings. The van der Waals surface area contributed by atoms with Crippen LogP contribution in [0.5, 0.6) is 0 Å². The number of amides is 1. The summed E-state index contributed by atoms with van der Waals surface area (Å²) in [6, 6.07) is 0. The molecule has 0 bridgehead atoms. The molecule has 2 aliphatic rings. The number of carbonyl (C=O) groups is 1. The van der Waals surface area contributed by atoms with Crippen molar-refractivity contribution in [2.24, 2.45) is 17.8 Å². The zero-order valence-corrected chi connectivity index (χ0v) is 14.4. The van der Waals surface area contributed by atoms with Gasteiger partial charge in [-0.25, -0.2) is 0 Å². The Balaban J connectivity index is 0.00000220. The van der Waals surface area contributed by atoms with E-state index in [-0.39, 0.29) is 12.4 Å². The molecule has 1 aliphatic carbocycles. The highest BCUT2D eigenvalue weighted by Crippen LogP contribution is 2.31. The highest BCUT2D eigenvalue weighted by Gasteiger charge is 2.26. The minimum absolute atomic E-state index is 0. The summed E-state index contributed by atoms with van der Waals surface area (Å²) in [6.07, 6.45) is 11.3. The molecule has 124 valence electrons. The first-order chi connectivity index (χ1) is 9.79. The van der Waals surface area contributed by atoms with E-state index in [1.54, 1.807) is 0 Å². The molecule has 3 nitrogen and oxygen atoms in total. The molecule has 21 heavy (non-hydrogen) atoms. The monoisotopic (exact) mass is 316 g/mol. The molecule has 2 fully saturated rings. The smallest absolute Gasteiger partial charge is 0.223 e. The summed E-state index contributed by atoms with van der Waals surface area (Å²) in [5.41, 5.74) is 0. The summed E-state index contributed by atoms with van der Waals surface area (Å²) in [7, 11) is 0. The van der Waals surface area contributed by atoms with Gasteiger partial charge in [-0.2, -0.15) is 0 Å². The van der Waals surface area contributed by atoms with E-state index in [0.717, 1.165) is 38.4 Å². The molecule has 1 saturated heterocycles. The third kappa shape index (κ3) is 6.56. The lowest BCUT2D eigenvalue weighted by Gasteiger charge is -2.29. The van der Waals surface area contributed by atoms with Crippen LogP contribution in [0.3, 0.4) is 0 Å². The van der Waals surface area contributed by atoms with Gasteiger partial charge in [0.2, 0.25) is 5.91 Å². The van der Waals surface area contributed by atoms with Crippen LogP contribution in [-0.4, -0.2) is 25.5 Å². The fourth-order valence-electron chi connectivity index (χ4n) is 3.69. The Labute approximate surface area is 136 Å². The van der Waals surface area contributed by atoms with Crippen molar-refractivity contribution in [2.75, 3.05) is 19.6 Å². The first kappa shape index (κ1) is 18.8. The Kier molecular flexibility index (Phi) is 9.34. The second-order valence-electron chi connectivity index (χ2n) is 6.82. The number of carbonyl (C=O) groups excluding carboxylic acids is 1. The van der Waals surface area contributed by atoms with Crippen molar-refractivity contribution in [1.82, 2.24) is 10.6 Å². The number of hydrogen-bond acceptors (Lipinski definition) is 2. The lowest BCUT2D eigenvalue weighted by atomic mass is 9.79. The van der Waals surface area contributed by atoms with Gasteiger partial charge in [0, 0.05) is 12.5 Å². The van der Waals surface area contributed by atoms with Crippen LogP contribution in [0.2, 0.25) is 0 Å². The van der Waals surface area contributed by atoms with Crippen molar-refractivity contribution in [3.8, 4) is 0 Å². The molecule has 2 rings (SSSR count). The van der Waals surface area contributed by atoms with Crippen LogP contribution >= 0.6 is 12.4 Å². The first-order valence-electron chi connectivity index (χ1n) is 8.78. The predicted molar refractivity (Wildman–Crippen MR) is 90.8 cm³/mol. The predicted octanol–water partition coefficient (Wildman–Crippen LogP) is 3.52. The van der Waals surface area contributed by atoms with Crippen molar-refractivity contribution in [3.63, 3.8) is 0 Å². The summed E-state index contributed by atoms with van der Waals surface area (Å²) in [6.45, 7) is 5.36. The topological polar surface area (TPSA) is 41.1 Å². The van der Waals surface area contributed by atoms with Gasteiger partial charge in [-0.15, -0.1) is 12.4 Å². The Morgan fingerprint density at radius 1 is 1.14 bits per heavy atom. The highest BCUT2D eigenvalue weighted by molar-refractivity contribution is 5.85. The number of unbranched alkanes of at least 4 members (excludes halogenated alkanes) is 1. The number of nitrogens with one attached hydrogen (secondary N) is 2. The van der Waals surface area contributed by atoms with Crippen LogP contribution in [0.4, 0.5) is 0 Å². The maximum Gasteiger partial charge on any atom is 0.223 e. The van der Waals surface area contributed by atoms with E-state index in [0.29, 0.717) is 17.7 Å². The lowest BCUT2D eigenvalue weighted by molar-refractivity contribution is -0.126. The van der Waals surface area contributed by atoms with Crippen LogP contribution in [0, 0.1) is 17.8 Å². The zero-order chi connectivity index (χ0) is 14.2. The van der Waals surface area contributed by atoms with Crippen molar-refractivity contribution >= 4 is 18.3 Å². The summed E-state index contributed by atoms with van der Waals surface area (Å²) < 4.78 is 0. The lowest BCUT2D eigenvalue weighted by Crippen LogP contribution is -2.40. The van der Waals surface area contributed by atoms with E-state index in [9.17, 15) is 4.79 Å². The second-order valence-corrected chi connectivity index (χ2v) is 6.82. The van der Waals surface area contributed by atoms with E-state index in [1.165, 1.54) is 44.9 Å². The molecule has 1 amide bonds. The van der Waals surface area contributed by atoms with Crippen molar-refractivity contribution in [2.45, 2.75) is 64.7 Å². The van der Waals surface area contributed by atoms with Crippen molar-refractivity contribution < 1.29 is 4.79 Å². The molecule has 1 atom stereocenters. The van der Waals surface area contributed by atoms with Gasteiger partial charge in [-0.05, 0) is 63.5 Å². The minimum Gasteiger partial charge on any atom is -0.356 e. The third-order valence-corrected chi connectivity index (χ3v) is 5.15. The van der Waals surface area contributed by atoms with E-state index >= 15 is 0 Å². The molecule has 0 radical (unpaired) electrons. The van der Waals surface area contributed by atoms with Crippen LogP contribution in [0.25, 0.3) is 0 Å². The van der Waals surface area contributed by atoms with E-state index < -0.39 is 0 Å².